The quantitative estimate of drug-likeness (QED) is 0.624. The smallest absolute Gasteiger partial charge is 0.242 e. The van der Waals surface area contributed by atoms with Crippen molar-refractivity contribution in [2.45, 2.75) is 57.5 Å². The number of rotatable bonds is 5. The molecule has 2 heterocycles. The summed E-state index contributed by atoms with van der Waals surface area (Å²) in [6.07, 6.45) is 11.5. The molecule has 7 nitrogen and oxygen atoms in total. The Morgan fingerprint density at radius 2 is 1.94 bits per heavy atom. The number of anilines is 1. The molecule has 166 valence electrons. The topological polar surface area (TPSA) is 77.6 Å². The third-order valence-corrected chi connectivity index (χ3v) is 7.99. The first-order valence-corrected chi connectivity index (χ1v) is 11.8. The van der Waals surface area contributed by atoms with Gasteiger partial charge in [-0.15, -0.1) is 5.10 Å². The highest BCUT2D eigenvalue weighted by atomic mass is 35.5. The van der Waals surface area contributed by atoms with Crippen LogP contribution in [-0.2, 0) is 16.9 Å². The summed E-state index contributed by atoms with van der Waals surface area (Å²) in [7, 11) is 0. The minimum absolute atomic E-state index is 0.122. The Morgan fingerprint density at radius 1 is 1.19 bits per heavy atom. The monoisotopic (exact) mass is 450 g/mol. The first-order valence-electron chi connectivity index (χ1n) is 11.4. The van der Waals surface area contributed by atoms with Gasteiger partial charge in [0.2, 0.25) is 11.2 Å². The molecule has 0 radical (unpaired) electrons. The molecule has 2 aromatic heterocycles. The zero-order valence-electron chi connectivity index (χ0n) is 18.2. The highest BCUT2D eigenvalue weighted by Gasteiger charge is 2.61. The Hall–Kier alpha value is -2.67. The minimum Gasteiger partial charge on any atom is -0.323 e. The van der Waals surface area contributed by atoms with E-state index < -0.39 is 0 Å². The van der Waals surface area contributed by atoms with E-state index in [1.165, 1.54) is 17.5 Å². The second-order valence-corrected chi connectivity index (χ2v) is 10.6. The van der Waals surface area contributed by atoms with Gasteiger partial charge in [-0.2, -0.15) is 5.10 Å². The molecule has 1 amide bonds. The molecule has 0 aliphatic heterocycles. The van der Waals surface area contributed by atoms with Crippen molar-refractivity contribution in [3.63, 3.8) is 0 Å². The van der Waals surface area contributed by atoms with E-state index in [4.69, 9.17) is 11.6 Å². The summed E-state index contributed by atoms with van der Waals surface area (Å²) in [4.78, 5) is 17.8. The van der Waals surface area contributed by atoms with E-state index in [1.54, 1.807) is 12.5 Å². The number of amides is 1. The van der Waals surface area contributed by atoms with Crippen LogP contribution in [0.2, 0.25) is 5.28 Å². The molecule has 4 bridgehead atoms. The Bertz CT molecular complexity index is 1150. The van der Waals surface area contributed by atoms with Crippen molar-refractivity contribution in [3.8, 4) is 0 Å². The van der Waals surface area contributed by atoms with Crippen LogP contribution in [0.1, 0.15) is 49.7 Å². The van der Waals surface area contributed by atoms with Crippen molar-refractivity contribution in [2.24, 2.45) is 17.3 Å². The van der Waals surface area contributed by atoms with Crippen molar-refractivity contribution >= 4 is 23.2 Å². The fourth-order valence-corrected chi connectivity index (χ4v) is 7.00. The Morgan fingerprint density at radius 3 is 2.62 bits per heavy atom. The molecule has 0 saturated heterocycles. The molecule has 8 heteroatoms. The van der Waals surface area contributed by atoms with Gasteiger partial charge in [-0.05, 0) is 74.4 Å². The molecule has 32 heavy (non-hydrogen) atoms. The summed E-state index contributed by atoms with van der Waals surface area (Å²) in [5.41, 5.74) is 2.68. The van der Waals surface area contributed by atoms with Crippen LogP contribution in [0.15, 0.2) is 43.0 Å². The third kappa shape index (κ3) is 3.34. The average Bonchev–Trinajstić information content (AvgIpc) is 3.38. The average molecular weight is 451 g/mol. The van der Waals surface area contributed by atoms with Crippen LogP contribution in [-0.4, -0.2) is 30.5 Å². The Balaban J connectivity index is 1.21. The van der Waals surface area contributed by atoms with Gasteiger partial charge in [-0.3, -0.25) is 9.48 Å². The van der Waals surface area contributed by atoms with E-state index in [2.05, 4.69) is 51.7 Å². The second kappa shape index (κ2) is 7.17. The maximum absolute atomic E-state index is 13.6. The molecule has 4 fully saturated rings. The number of hydrogen-bond donors (Lipinski definition) is 1. The summed E-state index contributed by atoms with van der Waals surface area (Å²) in [6, 6.07) is 8.43. The van der Waals surface area contributed by atoms with E-state index in [1.807, 2.05) is 15.6 Å². The number of benzene rings is 1. The van der Waals surface area contributed by atoms with Crippen molar-refractivity contribution in [1.29, 1.82) is 0 Å². The van der Waals surface area contributed by atoms with E-state index >= 15 is 0 Å². The molecule has 4 aliphatic rings. The number of nitrogens with zero attached hydrogens (tertiary/aromatic N) is 5. The summed E-state index contributed by atoms with van der Waals surface area (Å²) in [6.45, 7) is 2.76. The van der Waals surface area contributed by atoms with Crippen LogP contribution in [0.5, 0.6) is 0 Å². The summed E-state index contributed by atoms with van der Waals surface area (Å²) < 4.78 is 3.83. The van der Waals surface area contributed by atoms with Gasteiger partial charge in [0.25, 0.3) is 0 Å². The molecule has 4 saturated carbocycles. The van der Waals surface area contributed by atoms with Gasteiger partial charge in [-0.1, -0.05) is 29.8 Å². The molecule has 3 aromatic rings. The summed E-state index contributed by atoms with van der Waals surface area (Å²) >= 11 is 6.04. The standard InChI is InChI=1S/C24H27ClN6O/c1-16-2-4-17(5-3-16)12-30-13-20(11-27-30)28-21(32)23-7-18-6-19(8-23)10-24(9-18,14-23)31-15-26-22(25)29-31/h2-5,11,13,15,18-19H,6-10,12,14H2,1H3,(H,28,32). The molecule has 0 spiro atoms. The minimum atomic E-state index is -0.360. The largest absolute Gasteiger partial charge is 0.323 e. The Labute approximate surface area is 192 Å². The zero-order valence-corrected chi connectivity index (χ0v) is 18.9. The SMILES string of the molecule is Cc1ccc(Cn2cc(NC(=O)C34CC5CC(C3)CC(n3cnc(Cl)n3)(C5)C4)cn2)cc1. The van der Waals surface area contributed by atoms with E-state index in [9.17, 15) is 4.79 Å². The van der Waals surface area contributed by atoms with Gasteiger partial charge in [-0.25, -0.2) is 9.67 Å². The lowest BCUT2D eigenvalue weighted by atomic mass is 9.46. The Kier molecular flexibility index (Phi) is 4.47. The van der Waals surface area contributed by atoms with Gasteiger partial charge < -0.3 is 5.32 Å². The number of aryl methyl sites for hydroxylation is 1. The molecule has 1 aromatic carbocycles. The third-order valence-electron chi connectivity index (χ3n) is 7.82. The second-order valence-electron chi connectivity index (χ2n) is 10.3. The lowest BCUT2D eigenvalue weighted by Crippen LogP contribution is -2.60. The fourth-order valence-electron chi connectivity index (χ4n) is 6.88. The summed E-state index contributed by atoms with van der Waals surface area (Å²) in [5, 5.41) is 12.4. The highest BCUT2D eigenvalue weighted by molar-refractivity contribution is 6.28. The molecule has 1 N–H and O–H groups in total. The molecular formula is C24H27ClN6O. The molecule has 2 unspecified atom stereocenters. The van der Waals surface area contributed by atoms with Gasteiger partial charge in [0, 0.05) is 6.20 Å². The molecule has 2 atom stereocenters. The van der Waals surface area contributed by atoms with Gasteiger partial charge >= 0.3 is 0 Å². The van der Waals surface area contributed by atoms with Crippen molar-refractivity contribution in [2.75, 3.05) is 5.32 Å². The van der Waals surface area contributed by atoms with Crippen molar-refractivity contribution in [3.05, 3.63) is 59.4 Å². The maximum Gasteiger partial charge on any atom is 0.242 e. The lowest BCUT2D eigenvalue weighted by Gasteiger charge is -2.60. The molecular weight excluding hydrogens is 424 g/mol. The number of halogens is 1. The lowest BCUT2D eigenvalue weighted by molar-refractivity contribution is -0.150. The van der Waals surface area contributed by atoms with E-state index in [-0.39, 0.29) is 22.1 Å². The number of nitrogens with one attached hydrogen (secondary N) is 1. The number of carbonyl (C=O) groups is 1. The van der Waals surface area contributed by atoms with Crippen LogP contribution in [0, 0.1) is 24.2 Å². The van der Waals surface area contributed by atoms with Crippen LogP contribution in [0.4, 0.5) is 5.69 Å². The predicted molar refractivity (Wildman–Crippen MR) is 121 cm³/mol. The van der Waals surface area contributed by atoms with Crippen LogP contribution >= 0.6 is 11.6 Å². The van der Waals surface area contributed by atoms with Crippen molar-refractivity contribution in [1.82, 2.24) is 24.5 Å². The predicted octanol–water partition coefficient (Wildman–Crippen LogP) is 4.42. The molecule has 4 aliphatic carbocycles. The maximum atomic E-state index is 13.6. The first kappa shape index (κ1) is 20.0. The van der Waals surface area contributed by atoms with Gasteiger partial charge in [0.15, 0.2) is 0 Å². The number of aromatic nitrogens is 5. The van der Waals surface area contributed by atoms with Gasteiger partial charge in [0.1, 0.15) is 6.33 Å². The van der Waals surface area contributed by atoms with Crippen molar-refractivity contribution < 1.29 is 4.79 Å². The summed E-state index contributed by atoms with van der Waals surface area (Å²) in [5.74, 6) is 1.22. The molecule has 7 rings (SSSR count). The van der Waals surface area contributed by atoms with Crippen LogP contribution < -0.4 is 5.32 Å². The van der Waals surface area contributed by atoms with E-state index in [0.717, 1.165) is 37.8 Å². The normalized spacial score (nSPS) is 30.6. The van der Waals surface area contributed by atoms with Crippen LogP contribution in [0.25, 0.3) is 0 Å². The van der Waals surface area contributed by atoms with Gasteiger partial charge in [0.05, 0.1) is 29.4 Å². The zero-order chi connectivity index (χ0) is 21.9. The first-order chi connectivity index (χ1) is 15.4. The number of carbonyl (C=O) groups excluding carboxylic acids is 1. The number of hydrogen-bond acceptors (Lipinski definition) is 4. The fraction of sp³-hybridized carbons (Fsp3) is 0.500. The van der Waals surface area contributed by atoms with E-state index in [0.29, 0.717) is 18.4 Å². The highest BCUT2D eigenvalue weighted by Crippen LogP contribution is 2.64. The van der Waals surface area contributed by atoms with Crippen LogP contribution in [0.3, 0.4) is 0 Å².